The van der Waals surface area contributed by atoms with Crippen LogP contribution in [0.15, 0.2) is 84.4 Å². The fourth-order valence-electron chi connectivity index (χ4n) is 10.9. The van der Waals surface area contributed by atoms with Gasteiger partial charge in [-0.15, -0.1) is 22.7 Å². The summed E-state index contributed by atoms with van der Waals surface area (Å²) in [4.78, 5) is 52.4. The maximum absolute atomic E-state index is 13.6. The van der Waals surface area contributed by atoms with E-state index in [4.69, 9.17) is 19.4 Å². The average Bonchev–Trinajstić information content (AvgIpc) is 3.99. The molecular formula is C49H40N2O6S2. The summed E-state index contributed by atoms with van der Waals surface area (Å²) in [6.07, 6.45) is 22.8. The van der Waals surface area contributed by atoms with E-state index in [0.717, 1.165) is 119 Å². The van der Waals surface area contributed by atoms with Crippen LogP contribution < -0.4 is 0 Å². The van der Waals surface area contributed by atoms with Crippen LogP contribution in [0.1, 0.15) is 129 Å². The standard InChI is InChI=1S/C49H40N2O6S2/c1-47(55)35-15-7-6-13-29(35)32(46(47)54)25-39-51-45-43(59-39)34-21-27-22-36-33(20-26(27)23-37(34)57-49(45)18-10-3-11-19-49)42-44(48(56-36)16-8-2-9-17-48)50-38(58-42)24-31-28-12-4-5-14-30(28)40(52)41(31)53/h4-7,12-15,20-27,55H,2-3,8-11,16-19H2,1H3/b31-24-,32-25-. The van der Waals surface area contributed by atoms with Gasteiger partial charge in [-0.1, -0.05) is 73.5 Å². The van der Waals surface area contributed by atoms with Crippen molar-refractivity contribution in [2.45, 2.75) is 87.9 Å². The molecule has 8 aliphatic rings. The number of Topliss-reactive ketones (excluding diaryl/α,β-unsaturated/α-hetero) is 3. The molecule has 0 bridgehead atoms. The molecule has 2 aromatic carbocycles. The summed E-state index contributed by atoms with van der Waals surface area (Å²) in [5, 5.41) is 12.7. The minimum absolute atomic E-state index is 0.0145. The van der Waals surface area contributed by atoms with Crippen LogP contribution in [0.4, 0.5) is 0 Å². The van der Waals surface area contributed by atoms with Gasteiger partial charge in [0.25, 0.3) is 0 Å². The van der Waals surface area contributed by atoms with Crippen LogP contribution in [0.25, 0.3) is 34.4 Å². The van der Waals surface area contributed by atoms with Crippen LogP contribution in [0, 0.1) is 11.8 Å². The number of ketones is 3. The first-order valence-corrected chi connectivity index (χ1v) is 22.5. The number of allylic oxidation sites excluding steroid dienone is 7. The third kappa shape index (κ3) is 5.12. The van der Waals surface area contributed by atoms with E-state index in [1.165, 1.54) is 0 Å². The second kappa shape index (κ2) is 12.6. The molecule has 0 saturated heterocycles. The number of aliphatic hydroxyl groups is 1. The molecule has 2 fully saturated rings. The first-order valence-electron chi connectivity index (χ1n) is 20.9. The zero-order chi connectivity index (χ0) is 39.8. The zero-order valence-corrected chi connectivity index (χ0v) is 34.1. The molecule has 3 unspecified atom stereocenters. The Kier molecular flexibility index (Phi) is 7.62. The zero-order valence-electron chi connectivity index (χ0n) is 32.5. The van der Waals surface area contributed by atoms with E-state index < -0.39 is 28.4 Å². The largest absolute Gasteiger partial charge is 0.481 e. The minimum Gasteiger partial charge on any atom is -0.481 e. The topological polar surface area (TPSA) is 116 Å². The number of hydrogen-bond acceptors (Lipinski definition) is 10. The maximum Gasteiger partial charge on any atom is 0.234 e. The van der Waals surface area contributed by atoms with Crippen molar-refractivity contribution in [3.05, 3.63) is 138 Å². The highest BCUT2D eigenvalue weighted by Crippen LogP contribution is 2.58. The second-order valence-corrected chi connectivity index (χ2v) is 19.5. The van der Waals surface area contributed by atoms with Crippen LogP contribution in [-0.2, 0) is 35.9 Å². The van der Waals surface area contributed by atoms with E-state index in [-0.39, 0.29) is 17.6 Å². The third-order valence-corrected chi connectivity index (χ3v) is 15.9. The molecule has 4 heterocycles. The van der Waals surface area contributed by atoms with Gasteiger partial charge in [0.05, 0.1) is 9.75 Å². The predicted octanol–water partition coefficient (Wildman–Crippen LogP) is 10.1. The molecule has 2 saturated carbocycles. The number of carbonyl (C=O) groups excluding carboxylic acids is 3. The molecule has 8 nitrogen and oxygen atoms in total. The lowest BCUT2D eigenvalue weighted by molar-refractivity contribution is -0.129. The van der Waals surface area contributed by atoms with Gasteiger partial charge in [0.2, 0.25) is 11.6 Å². The first-order chi connectivity index (χ1) is 28.6. The first kappa shape index (κ1) is 35.6. The number of fused-ring (bicyclic) bond motifs is 11. The van der Waals surface area contributed by atoms with Crippen LogP contribution >= 0.6 is 22.7 Å². The lowest BCUT2D eigenvalue weighted by atomic mass is 9.73. The van der Waals surface area contributed by atoms with E-state index in [1.807, 2.05) is 42.5 Å². The summed E-state index contributed by atoms with van der Waals surface area (Å²) < 4.78 is 14.3. The quantitative estimate of drug-likeness (QED) is 0.157. The SMILES string of the molecule is CC1(O)C(=O)/C(=C\c2nc3c(s2)C2=CC4C=C5OC6(CCCCC6)c6nc(/C=C7\C(=O)C(=O)c8ccccc87)sc6C5=CC4C=C2OC32CCCCC2)c2ccccc21. The van der Waals surface area contributed by atoms with Crippen molar-refractivity contribution in [1.29, 1.82) is 0 Å². The van der Waals surface area contributed by atoms with Crippen molar-refractivity contribution in [2.24, 2.45) is 11.8 Å². The molecule has 1 N–H and O–H groups in total. The molecule has 2 aromatic heterocycles. The average molecular weight is 817 g/mol. The van der Waals surface area contributed by atoms with Crippen LogP contribution in [-0.4, -0.2) is 32.4 Å². The molecule has 6 aliphatic carbocycles. The summed E-state index contributed by atoms with van der Waals surface area (Å²) in [6, 6.07) is 14.7. The molecular weight excluding hydrogens is 777 g/mol. The fourth-order valence-corrected chi connectivity index (χ4v) is 13.1. The van der Waals surface area contributed by atoms with Crippen molar-refractivity contribution < 1.29 is 29.0 Å². The Hall–Kier alpha value is -5.29. The normalized spacial score (nSPS) is 28.0. The van der Waals surface area contributed by atoms with E-state index in [2.05, 4.69) is 24.3 Å². The number of ether oxygens (including phenoxy) is 2. The highest BCUT2D eigenvalue weighted by Gasteiger charge is 2.51. The van der Waals surface area contributed by atoms with Gasteiger partial charge in [-0.05, 0) is 99.3 Å². The Morgan fingerprint density at radius 3 is 1.68 bits per heavy atom. The number of aromatic nitrogens is 2. The smallest absolute Gasteiger partial charge is 0.234 e. The maximum atomic E-state index is 13.6. The number of carbonyl (C=O) groups is 3. The summed E-state index contributed by atoms with van der Waals surface area (Å²) in [5.74, 6) is 0.517. The van der Waals surface area contributed by atoms with Crippen molar-refractivity contribution in [1.82, 2.24) is 9.97 Å². The molecule has 2 aliphatic heterocycles. The molecule has 4 aromatic rings. The Morgan fingerprint density at radius 2 is 1.12 bits per heavy atom. The highest BCUT2D eigenvalue weighted by molar-refractivity contribution is 7.14. The summed E-state index contributed by atoms with van der Waals surface area (Å²) in [6.45, 7) is 1.57. The Morgan fingerprint density at radius 1 is 0.627 bits per heavy atom. The molecule has 294 valence electrons. The molecule has 0 radical (unpaired) electrons. The molecule has 10 heteroatoms. The van der Waals surface area contributed by atoms with Gasteiger partial charge in [0, 0.05) is 39.7 Å². The minimum atomic E-state index is -1.58. The van der Waals surface area contributed by atoms with Gasteiger partial charge in [-0.2, -0.15) is 0 Å². The number of nitrogens with zero attached hydrogens (tertiary/aromatic N) is 2. The predicted molar refractivity (Wildman–Crippen MR) is 228 cm³/mol. The lowest BCUT2D eigenvalue weighted by Crippen LogP contribution is -2.38. The molecule has 59 heavy (non-hydrogen) atoms. The molecule has 12 rings (SSSR count). The summed E-state index contributed by atoms with van der Waals surface area (Å²) in [5.41, 5.74) is 4.64. The molecule has 2 spiro atoms. The highest BCUT2D eigenvalue weighted by atomic mass is 32.1. The Balaban J connectivity index is 0.956. The number of hydrogen-bond donors (Lipinski definition) is 1. The van der Waals surface area contributed by atoms with Crippen molar-refractivity contribution >= 4 is 74.5 Å². The van der Waals surface area contributed by atoms with Crippen molar-refractivity contribution in [3.63, 3.8) is 0 Å². The number of thiazole rings is 2. The molecule has 0 amide bonds. The van der Waals surface area contributed by atoms with Gasteiger partial charge >= 0.3 is 0 Å². The molecule has 3 atom stereocenters. The van der Waals surface area contributed by atoms with Gasteiger partial charge < -0.3 is 14.6 Å². The number of rotatable bonds is 2. The fraction of sp³-hybridized carbons (Fsp3) is 0.327. The van der Waals surface area contributed by atoms with Crippen LogP contribution in [0.3, 0.4) is 0 Å². The van der Waals surface area contributed by atoms with E-state index >= 15 is 0 Å². The van der Waals surface area contributed by atoms with Crippen molar-refractivity contribution in [2.75, 3.05) is 0 Å². The monoisotopic (exact) mass is 816 g/mol. The van der Waals surface area contributed by atoms with Gasteiger partial charge in [-0.3, -0.25) is 14.4 Å². The number of benzene rings is 2. The lowest BCUT2D eigenvalue weighted by Gasteiger charge is -2.45. The second-order valence-electron chi connectivity index (χ2n) is 17.4. The van der Waals surface area contributed by atoms with E-state index in [9.17, 15) is 19.5 Å². The third-order valence-electron chi connectivity index (χ3n) is 13.8. The van der Waals surface area contributed by atoms with Crippen LogP contribution in [0.2, 0.25) is 0 Å². The van der Waals surface area contributed by atoms with Gasteiger partial charge in [0.15, 0.2) is 22.6 Å². The van der Waals surface area contributed by atoms with Gasteiger partial charge in [-0.25, -0.2) is 9.97 Å². The van der Waals surface area contributed by atoms with Crippen LogP contribution in [0.5, 0.6) is 0 Å². The summed E-state index contributed by atoms with van der Waals surface area (Å²) >= 11 is 3.18. The van der Waals surface area contributed by atoms with E-state index in [0.29, 0.717) is 32.8 Å². The van der Waals surface area contributed by atoms with Gasteiger partial charge in [0.1, 0.15) is 32.9 Å². The summed E-state index contributed by atoms with van der Waals surface area (Å²) in [7, 11) is 0. The van der Waals surface area contributed by atoms with E-state index in [1.54, 1.807) is 47.8 Å². The Bertz CT molecular complexity index is 2790. The van der Waals surface area contributed by atoms with Crippen molar-refractivity contribution in [3.8, 4) is 0 Å². The Labute approximate surface area is 349 Å².